The fourth-order valence-electron chi connectivity index (χ4n) is 2.64. The van der Waals surface area contributed by atoms with Crippen LogP contribution in [0.1, 0.15) is 11.1 Å². The van der Waals surface area contributed by atoms with Crippen LogP contribution >= 0.6 is 15.9 Å². The van der Waals surface area contributed by atoms with Crippen molar-refractivity contribution in [2.75, 3.05) is 6.61 Å². The van der Waals surface area contributed by atoms with Gasteiger partial charge < -0.3 is 4.74 Å². The quantitative estimate of drug-likeness (QED) is 0.491. The number of fused-ring (bicyclic) bond motifs is 3. The van der Waals surface area contributed by atoms with Crippen molar-refractivity contribution >= 4 is 24.0 Å². The summed E-state index contributed by atoms with van der Waals surface area (Å²) in [5.41, 5.74) is 5.19. The first kappa shape index (κ1) is 15.0. The van der Waals surface area contributed by atoms with Crippen LogP contribution in [0.2, 0.25) is 25.7 Å². The second-order valence-electron chi connectivity index (χ2n) is 6.84. The number of rotatable bonds is 5. The highest BCUT2D eigenvalue weighted by Gasteiger charge is 2.23. The number of halogens is 1. The molecular formula is C16H21BrN2OSi. The summed E-state index contributed by atoms with van der Waals surface area (Å²) in [6.07, 6.45) is 2.95. The molecule has 112 valence electrons. The Morgan fingerprint density at radius 2 is 2.10 bits per heavy atom. The molecule has 0 unspecified atom stereocenters. The highest BCUT2D eigenvalue weighted by molar-refractivity contribution is 9.10. The molecular weight excluding hydrogens is 344 g/mol. The van der Waals surface area contributed by atoms with Gasteiger partial charge in [0.2, 0.25) is 0 Å². The third kappa shape index (κ3) is 3.30. The van der Waals surface area contributed by atoms with E-state index in [1.54, 1.807) is 0 Å². The highest BCUT2D eigenvalue weighted by Crippen LogP contribution is 2.37. The Balaban J connectivity index is 1.72. The Morgan fingerprint density at radius 3 is 2.86 bits per heavy atom. The van der Waals surface area contributed by atoms with Gasteiger partial charge in [-0.05, 0) is 23.7 Å². The molecule has 1 aliphatic rings. The van der Waals surface area contributed by atoms with Crippen LogP contribution in [0.25, 0.3) is 11.3 Å². The molecule has 0 N–H and O–H groups in total. The maximum absolute atomic E-state index is 5.84. The molecule has 2 aromatic rings. The van der Waals surface area contributed by atoms with Crippen LogP contribution in [0, 0.1) is 0 Å². The standard InChI is InChI=1S/C16H21BrN2OSi/c1-21(2,3)7-6-20-11-19-16-13(10-18-19)8-12-9-14(17)4-5-15(12)16/h4-5,9-10H,6-8,11H2,1-3H3. The number of aromatic nitrogens is 2. The average Bonchev–Trinajstić information content (AvgIpc) is 2.92. The molecule has 1 heterocycles. The summed E-state index contributed by atoms with van der Waals surface area (Å²) in [5.74, 6) is 0. The predicted octanol–water partition coefficient (Wildman–Crippen LogP) is 4.53. The van der Waals surface area contributed by atoms with Gasteiger partial charge in [0.1, 0.15) is 6.73 Å². The van der Waals surface area contributed by atoms with Crippen molar-refractivity contribution in [2.24, 2.45) is 0 Å². The van der Waals surface area contributed by atoms with Crippen LogP contribution in [0.5, 0.6) is 0 Å². The zero-order valence-electron chi connectivity index (χ0n) is 12.8. The molecule has 0 radical (unpaired) electrons. The lowest BCUT2D eigenvalue weighted by molar-refractivity contribution is 0.0798. The molecule has 0 saturated carbocycles. The van der Waals surface area contributed by atoms with Gasteiger partial charge in [-0.15, -0.1) is 0 Å². The molecule has 0 spiro atoms. The first-order chi connectivity index (χ1) is 9.94. The fourth-order valence-corrected chi connectivity index (χ4v) is 3.80. The largest absolute Gasteiger partial charge is 0.360 e. The van der Waals surface area contributed by atoms with Crippen molar-refractivity contribution in [2.45, 2.75) is 38.8 Å². The minimum Gasteiger partial charge on any atom is -0.360 e. The van der Waals surface area contributed by atoms with Gasteiger partial charge in [0.05, 0.1) is 11.9 Å². The number of hydrogen-bond acceptors (Lipinski definition) is 2. The molecule has 0 aliphatic heterocycles. The summed E-state index contributed by atoms with van der Waals surface area (Å²) in [6, 6.07) is 7.66. The molecule has 3 nitrogen and oxygen atoms in total. The van der Waals surface area contributed by atoms with Crippen molar-refractivity contribution in [1.82, 2.24) is 9.78 Å². The van der Waals surface area contributed by atoms with Crippen molar-refractivity contribution in [3.63, 3.8) is 0 Å². The molecule has 3 rings (SSSR count). The molecule has 0 saturated heterocycles. The second-order valence-corrected chi connectivity index (χ2v) is 13.4. The van der Waals surface area contributed by atoms with E-state index in [-0.39, 0.29) is 0 Å². The second kappa shape index (κ2) is 5.70. The van der Waals surface area contributed by atoms with Crippen LogP contribution in [0.3, 0.4) is 0 Å². The SMILES string of the molecule is C[Si](C)(C)CCOCn1ncc2c1-c1ccc(Br)cc1C2. The summed E-state index contributed by atoms with van der Waals surface area (Å²) < 4.78 is 8.98. The van der Waals surface area contributed by atoms with Crippen molar-refractivity contribution < 1.29 is 4.74 Å². The Labute approximate surface area is 135 Å². The lowest BCUT2D eigenvalue weighted by Gasteiger charge is -2.15. The van der Waals surface area contributed by atoms with Crippen molar-refractivity contribution in [3.8, 4) is 11.3 Å². The highest BCUT2D eigenvalue weighted by atomic mass is 79.9. The van der Waals surface area contributed by atoms with Crippen LogP contribution < -0.4 is 0 Å². The first-order valence-corrected chi connectivity index (χ1v) is 11.9. The van der Waals surface area contributed by atoms with Gasteiger partial charge in [-0.1, -0.05) is 41.6 Å². The minimum absolute atomic E-state index is 0.551. The lowest BCUT2D eigenvalue weighted by Crippen LogP contribution is -2.22. The van der Waals surface area contributed by atoms with Gasteiger partial charge in [-0.25, -0.2) is 4.68 Å². The summed E-state index contributed by atoms with van der Waals surface area (Å²) in [5, 5.41) is 4.48. The number of hydrogen-bond donors (Lipinski definition) is 0. The lowest BCUT2D eigenvalue weighted by atomic mass is 10.1. The third-order valence-electron chi connectivity index (χ3n) is 3.83. The summed E-state index contributed by atoms with van der Waals surface area (Å²) in [6.45, 7) is 8.50. The van der Waals surface area contributed by atoms with Gasteiger partial charge in [0.15, 0.2) is 0 Å². The topological polar surface area (TPSA) is 27.1 Å². The number of ether oxygens (including phenoxy) is 1. The normalized spacial score (nSPS) is 13.3. The van der Waals surface area contributed by atoms with E-state index in [2.05, 4.69) is 58.9 Å². The fraction of sp³-hybridized carbons (Fsp3) is 0.438. The summed E-state index contributed by atoms with van der Waals surface area (Å²) in [4.78, 5) is 0. The Hall–Kier alpha value is -0.913. The van der Waals surface area contributed by atoms with Crippen LogP contribution in [0.4, 0.5) is 0 Å². The molecule has 0 bridgehead atoms. The van der Waals surface area contributed by atoms with Crippen LogP contribution in [-0.4, -0.2) is 24.5 Å². The molecule has 0 amide bonds. The van der Waals surface area contributed by atoms with E-state index in [0.717, 1.165) is 17.5 Å². The molecule has 1 aromatic heterocycles. The van der Waals surface area contributed by atoms with E-state index in [4.69, 9.17) is 4.74 Å². The van der Waals surface area contributed by atoms with Gasteiger partial charge >= 0.3 is 0 Å². The maximum atomic E-state index is 5.84. The van der Waals surface area contributed by atoms with Gasteiger partial charge in [-0.2, -0.15) is 5.10 Å². The zero-order chi connectivity index (χ0) is 15.0. The first-order valence-electron chi connectivity index (χ1n) is 7.35. The molecule has 1 aromatic carbocycles. The zero-order valence-corrected chi connectivity index (χ0v) is 15.4. The van der Waals surface area contributed by atoms with E-state index < -0.39 is 8.07 Å². The maximum Gasteiger partial charge on any atom is 0.140 e. The number of benzene rings is 1. The molecule has 21 heavy (non-hydrogen) atoms. The third-order valence-corrected chi connectivity index (χ3v) is 6.03. The average molecular weight is 365 g/mol. The van der Waals surface area contributed by atoms with Crippen LogP contribution in [-0.2, 0) is 17.9 Å². The van der Waals surface area contributed by atoms with Crippen molar-refractivity contribution in [3.05, 3.63) is 40.0 Å². The van der Waals surface area contributed by atoms with E-state index in [0.29, 0.717) is 6.73 Å². The molecule has 1 aliphatic carbocycles. The molecule has 0 fully saturated rings. The van der Waals surface area contributed by atoms with Crippen LogP contribution in [0.15, 0.2) is 28.9 Å². The van der Waals surface area contributed by atoms with Gasteiger partial charge in [0.25, 0.3) is 0 Å². The smallest absolute Gasteiger partial charge is 0.140 e. The van der Waals surface area contributed by atoms with E-state index in [9.17, 15) is 0 Å². The van der Waals surface area contributed by atoms with Gasteiger partial charge in [0, 0.05) is 36.7 Å². The summed E-state index contributed by atoms with van der Waals surface area (Å²) in [7, 11) is -1.02. The Morgan fingerprint density at radius 1 is 1.29 bits per heavy atom. The predicted molar refractivity (Wildman–Crippen MR) is 92.3 cm³/mol. The Kier molecular flexibility index (Phi) is 4.07. The number of nitrogens with zero attached hydrogens (tertiary/aromatic N) is 2. The van der Waals surface area contributed by atoms with E-state index >= 15 is 0 Å². The monoisotopic (exact) mass is 364 g/mol. The molecule has 5 heteroatoms. The van der Waals surface area contributed by atoms with E-state index in [1.165, 1.54) is 28.4 Å². The molecule has 0 atom stereocenters. The Bertz CT molecular complexity index is 661. The van der Waals surface area contributed by atoms with E-state index in [1.807, 2.05) is 10.9 Å². The van der Waals surface area contributed by atoms with Crippen molar-refractivity contribution in [1.29, 1.82) is 0 Å². The summed E-state index contributed by atoms with van der Waals surface area (Å²) >= 11 is 3.54. The minimum atomic E-state index is -1.02. The van der Waals surface area contributed by atoms with Gasteiger partial charge in [-0.3, -0.25) is 0 Å².